The number of alkyl halides is 1. The molecule has 0 radical (unpaired) electrons. The smallest absolute Gasteiger partial charge is 1.00 e. The molecule has 8 rings (SSSR count). The molecule has 0 saturated carbocycles. The molecule has 2 aliphatic carbocycles. The van der Waals surface area contributed by atoms with Crippen molar-refractivity contribution >= 4 is 86.3 Å². The van der Waals surface area contributed by atoms with E-state index in [4.69, 9.17) is 0 Å². The van der Waals surface area contributed by atoms with Crippen LogP contribution in [0.15, 0.2) is 103 Å². The fourth-order valence-electron chi connectivity index (χ4n) is 12.4. The number of hydrogen-bond acceptors (Lipinski definition) is 0. The fraction of sp³-hybridized carbons (Fsp3) is 0.500. The number of rotatable bonds is 26. The number of halogens is 5. The molecular formula is C72H94Br4INa. The topological polar surface area (TPSA) is 0 Å². The van der Waals surface area contributed by atoms with E-state index in [9.17, 15) is 0 Å². The molecule has 0 aromatic heterocycles. The first-order valence-electron chi connectivity index (χ1n) is 30.3. The summed E-state index contributed by atoms with van der Waals surface area (Å²) in [5.74, 6) is 0.291. The molecule has 0 fully saturated rings. The molecule has 6 aromatic carbocycles. The summed E-state index contributed by atoms with van der Waals surface area (Å²) < 4.78 is 4.97. The van der Waals surface area contributed by atoms with Crippen molar-refractivity contribution in [1.29, 1.82) is 0 Å². The van der Waals surface area contributed by atoms with Gasteiger partial charge in [-0.15, -0.1) is 0 Å². The van der Waals surface area contributed by atoms with Crippen LogP contribution in [0.25, 0.3) is 22.3 Å². The summed E-state index contributed by atoms with van der Waals surface area (Å²) in [5, 5.41) is 0. The van der Waals surface area contributed by atoms with E-state index >= 15 is 0 Å². The van der Waals surface area contributed by atoms with Gasteiger partial charge in [0.2, 0.25) is 0 Å². The van der Waals surface area contributed by atoms with Gasteiger partial charge >= 0.3 is 29.6 Å². The molecule has 6 heteroatoms. The van der Waals surface area contributed by atoms with Crippen LogP contribution in [0.2, 0.25) is 0 Å². The molecular weight excluding hydrogens is 1330 g/mol. The molecule has 0 unspecified atom stereocenters. The van der Waals surface area contributed by atoms with E-state index in [1.165, 1.54) is 246 Å². The summed E-state index contributed by atoms with van der Waals surface area (Å²) in [4.78, 5) is 1.97. The first-order chi connectivity index (χ1) is 37.4. The van der Waals surface area contributed by atoms with Crippen LogP contribution in [0.3, 0.4) is 0 Å². The van der Waals surface area contributed by atoms with Gasteiger partial charge in [-0.05, 0) is 238 Å². The number of unbranched alkanes of at least 4 members (excludes halogenated alkanes) is 12. The van der Waals surface area contributed by atoms with Crippen molar-refractivity contribution in [2.45, 2.75) is 228 Å². The van der Waals surface area contributed by atoms with E-state index in [1.807, 2.05) is 4.93 Å². The van der Waals surface area contributed by atoms with Crippen LogP contribution in [0, 0.1) is 0 Å². The SMILES string of the molecule is CCCCCCc1cc(CCCCCC)cc(C2(C)c3cc(Br)c(CC)cc3-c3cc(CC)c(Br)cc32)c1.CCCCCCc1cc(CCCCCC)cc(C2c3cc(Br)c(CC)cc3-c3cc(CC)c(Br)cc32)c1.CI.[H-].[Na+]. The largest absolute Gasteiger partial charge is 1.00 e. The van der Waals surface area contributed by atoms with Gasteiger partial charge in [-0.1, -0.05) is 255 Å². The van der Waals surface area contributed by atoms with Gasteiger partial charge in [-0.25, -0.2) is 0 Å². The molecule has 0 bridgehead atoms. The first kappa shape index (κ1) is 67.8. The zero-order chi connectivity index (χ0) is 55.6. The monoisotopic (exact) mass is 1420 g/mol. The van der Waals surface area contributed by atoms with Gasteiger partial charge < -0.3 is 1.43 Å². The minimum absolute atomic E-state index is 0. The summed E-state index contributed by atoms with van der Waals surface area (Å²) in [7, 11) is 0. The Bertz CT molecular complexity index is 2690. The van der Waals surface area contributed by atoms with Crippen molar-refractivity contribution in [1.82, 2.24) is 0 Å². The van der Waals surface area contributed by atoms with Crippen molar-refractivity contribution in [2.75, 3.05) is 4.93 Å². The van der Waals surface area contributed by atoms with Crippen LogP contribution in [0.1, 0.15) is 250 Å². The van der Waals surface area contributed by atoms with Gasteiger partial charge in [0, 0.05) is 29.2 Å². The Morgan fingerprint density at radius 2 is 0.667 bits per heavy atom. The van der Waals surface area contributed by atoms with E-state index in [1.54, 1.807) is 0 Å². The maximum atomic E-state index is 3.94. The van der Waals surface area contributed by atoms with Gasteiger partial charge in [-0.3, -0.25) is 0 Å². The first-order valence-corrected chi connectivity index (χ1v) is 35.6. The predicted molar refractivity (Wildman–Crippen MR) is 364 cm³/mol. The van der Waals surface area contributed by atoms with Gasteiger partial charge in [-0.2, -0.15) is 0 Å². The molecule has 0 nitrogen and oxygen atoms in total. The maximum Gasteiger partial charge on any atom is 1.00 e. The normalized spacial score (nSPS) is 12.7. The van der Waals surface area contributed by atoms with Crippen LogP contribution in [-0.2, 0) is 56.8 Å². The van der Waals surface area contributed by atoms with Crippen LogP contribution in [-0.4, -0.2) is 4.93 Å². The Kier molecular flexibility index (Phi) is 29.6. The third-order valence-corrected chi connectivity index (χ3v) is 19.9. The van der Waals surface area contributed by atoms with Crippen LogP contribution < -0.4 is 29.6 Å². The quantitative estimate of drug-likeness (QED) is 0.0219. The summed E-state index contributed by atoms with van der Waals surface area (Å²) in [6.45, 7) is 20.7. The van der Waals surface area contributed by atoms with E-state index < -0.39 is 0 Å². The third-order valence-electron chi connectivity index (χ3n) is 16.9. The minimum atomic E-state index is -0.175. The predicted octanol–water partition coefficient (Wildman–Crippen LogP) is 21.8. The summed E-state index contributed by atoms with van der Waals surface area (Å²) in [6, 6.07) is 34.7. The van der Waals surface area contributed by atoms with Crippen molar-refractivity contribution in [3.63, 3.8) is 0 Å². The number of hydrogen-bond donors (Lipinski definition) is 0. The Morgan fingerprint density at radius 1 is 0.372 bits per heavy atom. The molecule has 0 heterocycles. The van der Waals surface area contributed by atoms with Gasteiger partial charge in [0.05, 0.1) is 0 Å². The fourth-order valence-corrected chi connectivity index (χ4v) is 14.9. The van der Waals surface area contributed by atoms with E-state index in [0.29, 0.717) is 5.92 Å². The summed E-state index contributed by atoms with van der Waals surface area (Å²) in [6.07, 6.45) is 29.9. The Labute approximate surface area is 546 Å². The summed E-state index contributed by atoms with van der Waals surface area (Å²) >= 11 is 17.9. The molecule has 0 aliphatic heterocycles. The molecule has 0 saturated heterocycles. The van der Waals surface area contributed by atoms with Crippen LogP contribution in [0.5, 0.6) is 0 Å². The average molecular weight is 1430 g/mol. The second-order valence-electron chi connectivity index (χ2n) is 22.4. The van der Waals surface area contributed by atoms with Gasteiger partial charge in [0.25, 0.3) is 0 Å². The zero-order valence-electron chi connectivity index (χ0n) is 51.0. The molecule has 0 N–H and O–H groups in total. The van der Waals surface area contributed by atoms with Gasteiger partial charge in [0.1, 0.15) is 0 Å². The second-order valence-corrected chi connectivity index (χ2v) is 25.8. The summed E-state index contributed by atoms with van der Waals surface area (Å²) in [5.41, 5.74) is 25.9. The maximum absolute atomic E-state index is 3.94. The molecule has 0 atom stereocenters. The van der Waals surface area contributed by atoms with Crippen molar-refractivity contribution in [3.8, 4) is 22.3 Å². The third kappa shape index (κ3) is 16.6. The number of aryl methyl sites for hydroxylation is 8. The van der Waals surface area contributed by atoms with Crippen molar-refractivity contribution in [3.05, 3.63) is 181 Å². The van der Waals surface area contributed by atoms with E-state index in [-0.39, 0.29) is 36.4 Å². The van der Waals surface area contributed by atoms with Gasteiger partial charge in [0.15, 0.2) is 0 Å². The average Bonchev–Trinajstić information content (AvgIpc) is 3.94. The molecule has 0 amide bonds. The molecule has 2 aliphatic rings. The second kappa shape index (κ2) is 34.1. The molecule has 418 valence electrons. The standard InChI is InChI=1S/C36H46Br2.C35H44Br2.CH3I.Na.H/c1-6-10-12-14-16-25-18-26(17-15-13-11-7-2)20-29(19-25)36(5)32-23-34(37)27(8-3)21-30(32)31-22-28(9-4)35(38)24-33(31)36;1-5-9-11-13-15-24-17-25(16-14-12-10-6-2)19-28(18-24)35-31-22-33(36)26(7-3)20-29(31)30-21-27(8-4)34(37)23-32(30)35;1-2;;/h18-24H,6-17H2,1-5H3;17-23,35H,5-16H2,1-4H3;1H3;;/q;;;+1;-1. The van der Waals surface area contributed by atoms with Crippen molar-refractivity contribution < 1.29 is 31.0 Å². The molecule has 6 aromatic rings. The van der Waals surface area contributed by atoms with Crippen LogP contribution >= 0.6 is 86.3 Å². The number of benzene rings is 6. The van der Waals surface area contributed by atoms with Crippen LogP contribution in [0.4, 0.5) is 0 Å². The Morgan fingerprint density at radius 3 is 0.974 bits per heavy atom. The Balaban J connectivity index is 0.000000322. The van der Waals surface area contributed by atoms with E-state index in [0.717, 1.165) is 25.7 Å². The Hall–Kier alpha value is -1.03. The van der Waals surface area contributed by atoms with E-state index in [2.05, 4.69) is 234 Å². The molecule has 78 heavy (non-hydrogen) atoms. The number of fused-ring (bicyclic) bond motifs is 6. The molecule has 0 spiro atoms. The van der Waals surface area contributed by atoms with Crippen molar-refractivity contribution in [2.24, 2.45) is 0 Å². The zero-order valence-corrected chi connectivity index (χ0v) is 60.5. The minimum Gasteiger partial charge on any atom is -1.00 e.